The normalized spacial score (nSPS) is 22.6. The fraction of sp³-hybridized carbons (Fsp3) is 0.235. The number of fused-ring (bicyclic) bond motifs is 1. The van der Waals surface area contributed by atoms with Crippen LogP contribution in [0, 0.1) is 11.5 Å². The standard InChI is InChI=1S/C17H15N5O/c18-11-22-14-7-6-13(12-4-2-1-3-5-12)20-15(14)21-17(16(22)23)8-9-19-10-17/h1-7,19H,8-10H2,(H,20,21). The summed E-state index contributed by atoms with van der Waals surface area (Å²) in [5.74, 6) is 0.364. The summed E-state index contributed by atoms with van der Waals surface area (Å²) in [5, 5.41) is 15.9. The van der Waals surface area contributed by atoms with E-state index in [2.05, 4.69) is 15.6 Å². The van der Waals surface area contributed by atoms with Crippen LogP contribution in [0.1, 0.15) is 6.42 Å². The molecule has 3 heterocycles. The minimum atomic E-state index is -0.773. The first kappa shape index (κ1) is 13.7. The van der Waals surface area contributed by atoms with Gasteiger partial charge in [-0.2, -0.15) is 5.26 Å². The number of aromatic nitrogens is 1. The molecule has 1 aromatic carbocycles. The predicted molar refractivity (Wildman–Crippen MR) is 86.6 cm³/mol. The molecule has 1 unspecified atom stereocenters. The Labute approximate surface area is 133 Å². The summed E-state index contributed by atoms with van der Waals surface area (Å²) >= 11 is 0. The van der Waals surface area contributed by atoms with Gasteiger partial charge in [0.2, 0.25) is 0 Å². The van der Waals surface area contributed by atoms with Crippen LogP contribution < -0.4 is 15.5 Å². The number of pyridine rings is 1. The van der Waals surface area contributed by atoms with Gasteiger partial charge in [-0.1, -0.05) is 30.3 Å². The Bertz CT molecular complexity index is 805. The fourth-order valence-corrected chi connectivity index (χ4v) is 3.18. The lowest BCUT2D eigenvalue weighted by Gasteiger charge is -2.37. The van der Waals surface area contributed by atoms with Crippen LogP contribution in [0.2, 0.25) is 0 Å². The Morgan fingerprint density at radius 3 is 2.74 bits per heavy atom. The zero-order valence-corrected chi connectivity index (χ0v) is 12.4. The van der Waals surface area contributed by atoms with Crippen molar-refractivity contribution >= 4 is 17.4 Å². The number of hydrogen-bond acceptors (Lipinski definition) is 5. The molecular weight excluding hydrogens is 290 g/mol. The summed E-state index contributed by atoms with van der Waals surface area (Å²) in [7, 11) is 0. The smallest absolute Gasteiger partial charge is 0.267 e. The average molecular weight is 305 g/mol. The summed E-state index contributed by atoms with van der Waals surface area (Å²) in [4.78, 5) is 18.5. The fourth-order valence-electron chi connectivity index (χ4n) is 3.18. The molecule has 6 heteroatoms. The van der Waals surface area contributed by atoms with Gasteiger partial charge in [-0.3, -0.25) is 4.79 Å². The molecule has 1 aromatic heterocycles. The number of benzene rings is 1. The number of carbonyl (C=O) groups excluding carboxylic acids is 1. The Hall–Kier alpha value is -2.91. The second kappa shape index (κ2) is 5.07. The Morgan fingerprint density at radius 2 is 2.04 bits per heavy atom. The minimum absolute atomic E-state index is 0.216. The number of nitrogens with zero attached hydrogens (tertiary/aromatic N) is 3. The van der Waals surface area contributed by atoms with Crippen LogP contribution in [-0.2, 0) is 4.79 Å². The van der Waals surface area contributed by atoms with E-state index in [-0.39, 0.29) is 5.91 Å². The van der Waals surface area contributed by atoms with E-state index in [1.807, 2.05) is 42.6 Å². The van der Waals surface area contributed by atoms with Crippen molar-refractivity contribution in [2.24, 2.45) is 0 Å². The van der Waals surface area contributed by atoms with Gasteiger partial charge in [0.25, 0.3) is 5.91 Å². The molecule has 1 saturated heterocycles. The van der Waals surface area contributed by atoms with Crippen LogP contribution in [0.4, 0.5) is 11.5 Å². The van der Waals surface area contributed by atoms with E-state index in [9.17, 15) is 10.1 Å². The van der Waals surface area contributed by atoms with Crippen LogP contribution in [-0.4, -0.2) is 29.5 Å². The highest BCUT2D eigenvalue weighted by Crippen LogP contribution is 2.37. The molecule has 1 amide bonds. The highest BCUT2D eigenvalue weighted by Gasteiger charge is 2.48. The van der Waals surface area contributed by atoms with Crippen LogP contribution >= 0.6 is 0 Å². The maximum atomic E-state index is 12.7. The van der Waals surface area contributed by atoms with Gasteiger partial charge in [0.05, 0.1) is 5.69 Å². The number of hydrogen-bond donors (Lipinski definition) is 2. The molecule has 6 nitrogen and oxygen atoms in total. The minimum Gasteiger partial charge on any atom is -0.353 e. The van der Waals surface area contributed by atoms with E-state index in [1.54, 1.807) is 6.07 Å². The predicted octanol–water partition coefficient (Wildman–Crippen LogP) is 1.72. The molecular formula is C17H15N5O. The number of nitriles is 1. The zero-order valence-electron chi connectivity index (χ0n) is 12.4. The van der Waals surface area contributed by atoms with Gasteiger partial charge in [0, 0.05) is 12.1 Å². The molecule has 2 aromatic rings. The van der Waals surface area contributed by atoms with Crippen molar-refractivity contribution in [1.82, 2.24) is 10.3 Å². The number of amides is 1. The van der Waals surface area contributed by atoms with Crippen LogP contribution in [0.25, 0.3) is 11.3 Å². The van der Waals surface area contributed by atoms with E-state index in [0.29, 0.717) is 24.5 Å². The third-order valence-corrected chi connectivity index (χ3v) is 4.41. The molecule has 1 fully saturated rings. The summed E-state index contributed by atoms with van der Waals surface area (Å²) in [6.45, 7) is 1.24. The Kier molecular flexibility index (Phi) is 3.03. The first-order valence-corrected chi connectivity index (χ1v) is 7.53. The van der Waals surface area contributed by atoms with Crippen molar-refractivity contribution < 1.29 is 4.79 Å². The molecule has 2 aliphatic heterocycles. The number of anilines is 2. The van der Waals surface area contributed by atoms with Gasteiger partial charge < -0.3 is 10.6 Å². The van der Waals surface area contributed by atoms with Crippen LogP contribution in [0.3, 0.4) is 0 Å². The molecule has 0 aliphatic carbocycles. The summed E-state index contributed by atoms with van der Waals surface area (Å²) in [6, 6.07) is 13.4. The van der Waals surface area contributed by atoms with Gasteiger partial charge in [-0.05, 0) is 25.1 Å². The van der Waals surface area contributed by atoms with Crippen LogP contribution in [0.15, 0.2) is 42.5 Å². The summed E-state index contributed by atoms with van der Waals surface area (Å²) in [5.41, 5.74) is 1.54. The molecule has 4 rings (SSSR count). The van der Waals surface area contributed by atoms with Gasteiger partial charge in [-0.15, -0.1) is 0 Å². The SMILES string of the molecule is N#CN1C(=O)C2(CCNC2)Nc2nc(-c3ccccc3)ccc21. The largest absolute Gasteiger partial charge is 0.353 e. The first-order valence-electron chi connectivity index (χ1n) is 7.53. The van der Waals surface area contributed by atoms with Crippen molar-refractivity contribution in [3.05, 3.63) is 42.5 Å². The molecule has 23 heavy (non-hydrogen) atoms. The second-order valence-corrected chi connectivity index (χ2v) is 5.80. The topological polar surface area (TPSA) is 81.0 Å². The highest BCUT2D eigenvalue weighted by molar-refractivity contribution is 6.09. The van der Waals surface area contributed by atoms with E-state index in [0.717, 1.165) is 22.7 Å². The van der Waals surface area contributed by atoms with E-state index < -0.39 is 5.54 Å². The summed E-state index contributed by atoms with van der Waals surface area (Å²) < 4.78 is 0. The van der Waals surface area contributed by atoms with Crippen molar-refractivity contribution in [3.8, 4) is 17.5 Å². The third-order valence-electron chi connectivity index (χ3n) is 4.41. The van der Waals surface area contributed by atoms with E-state index in [4.69, 9.17) is 0 Å². The Morgan fingerprint density at radius 1 is 1.22 bits per heavy atom. The van der Waals surface area contributed by atoms with Crippen molar-refractivity contribution in [1.29, 1.82) is 5.26 Å². The van der Waals surface area contributed by atoms with Crippen molar-refractivity contribution in [2.75, 3.05) is 23.3 Å². The van der Waals surface area contributed by atoms with Crippen LogP contribution in [0.5, 0.6) is 0 Å². The lowest BCUT2D eigenvalue weighted by Crippen LogP contribution is -2.57. The number of nitrogens with one attached hydrogen (secondary N) is 2. The molecule has 2 aliphatic rings. The number of rotatable bonds is 1. The lowest BCUT2D eigenvalue weighted by molar-refractivity contribution is -0.121. The molecule has 1 spiro atoms. The molecule has 1 atom stereocenters. The maximum Gasteiger partial charge on any atom is 0.267 e. The van der Waals surface area contributed by atoms with Gasteiger partial charge in [0.1, 0.15) is 11.2 Å². The van der Waals surface area contributed by atoms with Gasteiger partial charge >= 0.3 is 0 Å². The average Bonchev–Trinajstić information content (AvgIpc) is 3.06. The first-order chi connectivity index (χ1) is 11.2. The zero-order chi connectivity index (χ0) is 15.9. The monoisotopic (exact) mass is 305 g/mol. The van der Waals surface area contributed by atoms with Gasteiger partial charge in [0.15, 0.2) is 12.0 Å². The van der Waals surface area contributed by atoms with E-state index in [1.165, 1.54) is 0 Å². The molecule has 0 bridgehead atoms. The van der Waals surface area contributed by atoms with Gasteiger partial charge in [-0.25, -0.2) is 9.88 Å². The maximum absolute atomic E-state index is 12.7. The molecule has 114 valence electrons. The third kappa shape index (κ3) is 2.05. The van der Waals surface area contributed by atoms with E-state index >= 15 is 0 Å². The molecule has 0 saturated carbocycles. The summed E-state index contributed by atoms with van der Waals surface area (Å²) in [6.07, 6.45) is 2.64. The quantitative estimate of drug-likeness (QED) is 0.784. The molecule has 2 N–H and O–H groups in total. The van der Waals surface area contributed by atoms with Crippen molar-refractivity contribution in [3.63, 3.8) is 0 Å². The lowest BCUT2D eigenvalue weighted by atomic mass is 9.93. The Balaban J connectivity index is 1.82. The molecule has 0 radical (unpaired) electrons. The van der Waals surface area contributed by atoms with Crippen molar-refractivity contribution in [2.45, 2.75) is 12.0 Å². The number of carbonyl (C=O) groups is 1. The highest BCUT2D eigenvalue weighted by atomic mass is 16.2. The second-order valence-electron chi connectivity index (χ2n) is 5.80.